The summed E-state index contributed by atoms with van der Waals surface area (Å²) in [7, 11) is -3.50. The second-order valence-corrected chi connectivity index (χ2v) is 9.87. The number of nitrogens with zero attached hydrogens (tertiary/aromatic N) is 1. The summed E-state index contributed by atoms with van der Waals surface area (Å²) >= 11 is 0. The zero-order chi connectivity index (χ0) is 19.7. The summed E-state index contributed by atoms with van der Waals surface area (Å²) in [5, 5.41) is 0. The number of carbonyl (C=O) groups excluding carboxylic acids is 1. The Morgan fingerprint density at radius 1 is 1.22 bits per heavy atom. The van der Waals surface area contributed by atoms with Crippen LogP contribution in [0.3, 0.4) is 0 Å². The van der Waals surface area contributed by atoms with Crippen molar-refractivity contribution in [1.29, 1.82) is 0 Å². The normalized spacial score (nSPS) is 20.9. The Hall–Kier alpha value is -1.87. The van der Waals surface area contributed by atoms with Crippen LogP contribution in [0, 0.1) is 0 Å². The molecule has 1 spiro atoms. The van der Waals surface area contributed by atoms with Gasteiger partial charge in [0.15, 0.2) is 16.4 Å². The van der Waals surface area contributed by atoms with Crippen molar-refractivity contribution in [2.75, 3.05) is 25.6 Å². The molecule has 1 aromatic rings. The van der Waals surface area contributed by atoms with Crippen LogP contribution in [0.15, 0.2) is 17.0 Å². The van der Waals surface area contributed by atoms with Gasteiger partial charge in [0.05, 0.1) is 19.0 Å². The number of pyridine rings is 1. The summed E-state index contributed by atoms with van der Waals surface area (Å²) in [6.07, 6.45) is 1.60. The lowest BCUT2D eigenvalue weighted by molar-refractivity contribution is -0.157. The van der Waals surface area contributed by atoms with Crippen LogP contribution in [0.1, 0.15) is 40.0 Å². The van der Waals surface area contributed by atoms with Crippen molar-refractivity contribution in [1.82, 2.24) is 4.98 Å². The lowest BCUT2D eigenvalue weighted by Gasteiger charge is -2.35. The number of hydrogen-bond donors (Lipinski definition) is 0. The first kappa shape index (κ1) is 19.9. The SMILES string of the molecule is CC(C)(C)OC(=O)COc1ccc2c(n1)OC1(CCOCC1)CCS2(=O)=O. The van der Waals surface area contributed by atoms with Gasteiger partial charge < -0.3 is 18.9 Å². The molecule has 0 radical (unpaired) electrons. The number of fused-ring (bicyclic) bond motifs is 1. The van der Waals surface area contributed by atoms with Crippen LogP contribution in [0.2, 0.25) is 0 Å². The maximum atomic E-state index is 12.6. The molecule has 1 aromatic heterocycles. The van der Waals surface area contributed by atoms with Gasteiger partial charge in [0.25, 0.3) is 0 Å². The smallest absolute Gasteiger partial charge is 0.344 e. The average Bonchev–Trinajstić information content (AvgIpc) is 2.67. The topological polar surface area (TPSA) is 101 Å². The molecule has 2 aliphatic rings. The molecule has 1 saturated heterocycles. The van der Waals surface area contributed by atoms with Gasteiger partial charge in [-0.05, 0) is 26.8 Å². The molecule has 0 atom stereocenters. The highest BCUT2D eigenvalue weighted by molar-refractivity contribution is 7.91. The molecular formula is C18H25NO7S. The average molecular weight is 399 g/mol. The monoisotopic (exact) mass is 399 g/mol. The lowest BCUT2D eigenvalue weighted by atomic mass is 9.91. The van der Waals surface area contributed by atoms with Crippen molar-refractivity contribution in [3.8, 4) is 11.8 Å². The number of ether oxygens (including phenoxy) is 4. The number of aromatic nitrogens is 1. The van der Waals surface area contributed by atoms with Gasteiger partial charge in [0.2, 0.25) is 11.8 Å². The second-order valence-electron chi connectivity index (χ2n) is 7.79. The molecule has 0 aliphatic carbocycles. The maximum Gasteiger partial charge on any atom is 0.344 e. The fourth-order valence-electron chi connectivity index (χ4n) is 3.09. The van der Waals surface area contributed by atoms with Crippen molar-refractivity contribution in [2.45, 2.75) is 56.1 Å². The molecule has 0 aromatic carbocycles. The van der Waals surface area contributed by atoms with E-state index in [0.29, 0.717) is 32.5 Å². The van der Waals surface area contributed by atoms with Crippen LogP contribution in [0.25, 0.3) is 0 Å². The summed E-state index contributed by atoms with van der Waals surface area (Å²) in [5.41, 5.74) is -1.22. The van der Waals surface area contributed by atoms with E-state index in [-0.39, 0.29) is 29.0 Å². The van der Waals surface area contributed by atoms with Gasteiger partial charge in [-0.3, -0.25) is 0 Å². The number of sulfone groups is 1. The Balaban J connectivity index is 1.80. The van der Waals surface area contributed by atoms with E-state index in [4.69, 9.17) is 18.9 Å². The molecule has 0 saturated carbocycles. The summed E-state index contributed by atoms with van der Waals surface area (Å²) in [4.78, 5) is 16.1. The highest BCUT2D eigenvalue weighted by Crippen LogP contribution is 2.38. The molecular weight excluding hydrogens is 374 g/mol. The summed E-state index contributed by atoms with van der Waals surface area (Å²) < 4.78 is 47.2. The Bertz CT molecular complexity index is 807. The fraction of sp³-hybridized carbons (Fsp3) is 0.667. The number of rotatable bonds is 3. The van der Waals surface area contributed by atoms with Crippen LogP contribution in [-0.4, -0.2) is 56.1 Å². The molecule has 150 valence electrons. The van der Waals surface area contributed by atoms with Crippen molar-refractivity contribution in [3.05, 3.63) is 12.1 Å². The van der Waals surface area contributed by atoms with Crippen molar-refractivity contribution in [3.63, 3.8) is 0 Å². The van der Waals surface area contributed by atoms with E-state index in [0.717, 1.165) is 0 Å². The van der Waals surface area contributed by atoms with Crippen molar-refractivity contribution in [2.24, 2.45) is 0 Å². The Labute approximate surface area is 159 Å². The Kier molecular flexibility index (Phi) is 5.36. The van der Waals surface area contributed by atoms with E-state index in [2.05, 4.69) is 4.98 Å². The first-order valence-corrected chi connectivity index (χ1v) is 10.6. The lowest BCUT2D eigenvalue weighted by Crippen LogP contribution is -2.42. The number of esters is 1. The van der Waals surface area contributed by atoms with E-state index in [9.17, 15) is 13.2 Å². The third kappa shape index (κ3) is 4.90. The summed E-state index contributed by atoms with van der Waals surface area (Å²) in [6.45, 7) is 6.00. The second kappa shape index (κ2) is 7.27. The fourth-order valence-corrected chi connectivity index (χ4v) is 4.58. The van der Waals surface area contributed by atoms with Gasteiger partial charge in [0.1, 0.15) is 16.1 Å². The Morgan fingerprint density at radius 2 is 1.93 bits per heavy atom. The van der Waals surface area contributed by atoms with Crippen molar-refractivity contribution >= 4 is 15.8 Å². The largest absolute Gasteiger partial charge is 0.470 e. The van der Waals surface area contributed by atoms with E-state index < -0.39 is 27.0 Å². The summed E-state index contributed by atoms with van der Waals surface area (Å²) in [5.74, 6) is -0.400. The van der Waals surface area contributed by atoms with Crippen LogP contribution in [-0.2, 0) is 24.1 Å². The zero-order valence-corrected chi connectivity index (χ0v) is 16.6. The molecule has 0 amide bonds. The highest BCUT2D eigenvalue weighted by Gasteiger charge is 2.41. The quantitative estimate of drug-likeness (QED) is 0.711. The van der Waals surface area contributed by atoms with E-state index in [1.807, 2.05) is 0 Å². The molecule has 1 fully saturated rings. The van der Waals surface area contributed by atoms with Gasteiger partial charge in [-0.25, -0.2) is 13.2 Å². The maximum absolute atomic E-state index is 12.6. The third-order valence-corrected chi connectivity index (χ3v) is 6.16. The van der Waals surface area contributed by atoms with E-state index in [1.54, 1.807) is 20.8 Å². The van der Waals surface area contributed by atoms with E-state index >= 15 is 0 Å². The Morgan fingerprint density at radius 3 is 2.59 bits per heavy atom. The molecule has 8 nitrogen and oxygen atoms in total. The van der Waals surface area contributed by atoms with Crippen molar-refractivity contribution < 1.29 is 32.2 Å². The number of carbonyl (C=O) groups is 1. The van der Waals surface area contributed by atoms with Gasteiger partial charge >= 0.3 is 5.97 Å². The third-order valence-electron chi connectivity index (χ3n) is 4.44. The van der Waals surface area contributed by atoms with Crippen LogP contribution >= 0.6 is 0 Å². The molecule has 9 heteroatoms. The molecule has 0 N–H and O–H groups in total. The van der Waals surface area contributed by atoms with Crippen LogP contribution in [0.5, 0.6) is 11.8 Å². The minimum absolute atomic E-state index is 0.000206. The molecule has 3 heterocycles. The molecule has 3 rings (SSSR count). The van der Waals surface area contributed by atoms with Crippen LogP contribution in [0.4, 0.5) is 0 Å². The molecule has 27 heavy (non-hydrogen) atoms. The first-order chi connectivity index (χ1) is 12.6. The highest BCUT2D eigenvalue weighted by atomic mass is 32.2. The predicted molar refractivity (Wildman–Crippen MR) is 95.7 cm³/mol. The standard InChI is InChI=1S/C18H25NO7S/c1-17(2,3)25-15(20)12-24-14-5-4-13-16(19-14)26-18(6-9-23-10-7-18)8-11-27(13,21)22/h4-5H,6-12H2,1-3H3. The van der Waals surface area contributed by atoms with Gasteiger partial charge in [-0.2, -0.15) is 4.98 Å². The molecule has 0 unspecified atom stereocenters. The van der Waals surface area contributed by atoms with Gasteiger partial charge in [-0.15, -0.1) is 0 Å². The predicted octanol–water partition coefficient (Wildman–Crippen LogP) is 1.91. The van der Waals surface area contributed by atoms with Gasteiger partial charge in [-0.1, -0.05) is 0 Å². The van der Waals surface area contributed by atoms with E-state index in [1.165, 1.54) is 12.1 Å². The minimum atomic E-state index is -3.50. The van der Waals surface area contributed by atoms with Gasteiger partial charge in [0, 0.05) is 25.3 Å². The number of hydrogen-bond acceptors (Lipinski definition) is 8. The molecule has 2 aliphatic heterocycles. The van der Waals surface area contributed by atoms with Crippen LogP contribution < -0.4 is 9.47 Å². The minimum Gasteiger partial charge on any atom is -0.470 e. The molecule has 0 bridgehead atoms. The first-order valence-electron chi connectivity index (χ1n) is 8.94. The zero-order valence-electron chi connectivity index (χ0n) is 15.8. The summed E-state index contributed by atoms with van der Waals surface area (Å²) in [6, 6.07) is 2.84.